The van der Waals surface area contributed by atoms with Crippen molar-refractivity contribution < 1.29 is 17.9 Å². The molecule has 0 aromatic carbocycles. The average molecular weight is 338 g/mol. The van der Waals surface area contributed by atoms with E-state index in [1.165, 1.54) is 19.0 Å². The lowest BCUT2D eigenvalue weighted by Gasteiger charge is -2.31. The van der Waals surface area contributed by atoms with E-state index < -0.39 is 10.0 Å². The van der Waals surface area contributed by atoms with Gasteiger partial charge < -0.3 is 9.47 Å². The van der Waals surface area contributed by atoms with Gasteiger partial charge in [0, 0.05) is 32.2 Å². The van der Waals surface area contributed by atoms with Crippen molar-refractivity contribution in [2.24, 2.45) is 5.92 Å². The molecule has 126 valence electrons. The van der Waals surface area contributed by atoms with Crippen molar-refractivity contribution in [2.45, 2.75) is 48.8 Å². The van der Waals surface area contributed by atoms with Crippen molar-refractivity contribution in [3.8, 4) is 0 Å². The first kappa shape index (κ1) is 15.5. The largest absolute Gasteiger partial charge is 0.374 e. The van der Waals surface area contributed by atoms with Crippen LogP contribution in [0.3, 0.4) is 0 Å². The fourth-order valence-electron chi connectivity index (χ4n) is 3.47. The molecule has 2 aliphatic heterocycles. The molecule has 2 saturated heterocycles. The summed E-state index contributed by atoms with van der Waals surface area (Å²) in [6.07, 6.45) is 6.84. The van der Waals surface area contributed by atoms with Gasteiger partial charge in [0.25, 0.3) is 0 Å². The Hall–Kier alpha value is -1.02. The van der Waals surface area contributed by atoms with Crippen LogP contribution < -0.4 is 0 Å². The molecule has 1 aromatic rings. The number of aromatic nitrogens is 1. The van der Waals surface area contributed by atoms with Gasteiger partial charge in [-0.25, -0.2) is 8.42 Å². The third-order valence-electron chi connectivity index (χ3n) is 4.91. The van der Waals surface area contributed by atoms with Crippen LogP contribution in [0, 0.1) is 5.92 Å². The number of fused-ring (bicyclic) bond motifs is 1. The van der Waals surface area contributed by atoms with Gasteiger partial charge in [-0.15, -0.1) is 0 Å². The van der Waals surface area contributed by atoms with Crippen LogP contribution in [0.1, 0.15) is 25.7 Å². The lowest BCUT2D eigenvalue weighted by Crippen LogP contribution is -2.43. The van der Waals surface area contributed by atoms with Crippen LogP contribution in [0.15, 0.2) is 29.4 Å². The Morgan fingerprint density at radius 2 is 2.22 bits per heavy atom. The predicted octanol–water partition coefficient (Wildman–Crippen LogP) is 1.43. The predicted molar refractivity (Wildman–Crippen MR) is 83.4 cm³/mol. The smallest absolute Gasteiger partial charge is 0.245 e. The van der Waals surface area contributed by atoms with Crippen molar-refractivity contribution in [2.75, 3.05) is 19.8 Å². The lowest BCUT2D eigenvalue weighted by molar-refractivity contribution is -0.0773. The molecule has 3 aliphatic rings. The third-order valence-corrected chi connectivity index (χ3v) is 6.79. The van der Waals surface area contributed by atoms with Gasteiger partial charge in [0.1, 0.15) is 11.0 Å². The minimum absolute atomic E-state index is 0.127. The van der Waals surface area contributed by atoms with Gasteiger partial charge in [0.2, 0.25) is 10.0 Å². The van der Waals surface area contributed by atoms with E-state index >= 15 is 0 Å². The van der Waals surface area contributed by atoms with Crippen molar-refractivity contribution in [1.82, 2.24) is 9.29 Å². The topological polar surface area (TPSA) is 68.7 Å². The van der Waals surface area contributed by atoms with Crippen molar-refractivity contribution in [3.63, 3.8) is 0 Å². The number of ether oxygens (including phenoxy) is 2. The monoisotopic (exact) mass is 338 g/mol. The zero-order valence-electron chi connectivity index (χ0n) is 13.0. The number of hydrogen-bond acceptors (Lipinski definition) is 5. The normalized spacial score (nSPS) is 31.9. The maximum absolute atomic E-state index is 13.0. The molecule has 6 nitrogen and oxygen atoms in total. The second-order valence-corrected chi connectivity index (χ2v) is 8.51. The molecular formula is C16H22N2O4S. The molecule has 0 unspecified atom stereocenters. The molecule has 4 rings (SSSR count). The van der Waals surface area contributed by atoms with E-state index in [4.69, 9.17) is 9.47 Å². The summed E-state index contributed by atoms with van der Waals surface area (Å²) in [6, 6.07) is 3.12. The SMILES string of the molecule is O=S(=O)(c1cccnc1)N1C[C@@H](OCC2CC2)[C@H]2OCCC[C@H]21. The summed E-state index contributed by atoms with van der Waals surface area (Å²) in [5.41, 5.74) is 0. The van der Waals surface area contributed by atoms with Crippen LogP contribution >= 0.6 is 0 Å². The van der Waals surface area contributed by atoms with Gasteiger partial charge >= 0.3 is 0 Å². The molecule has 7 heteroatoms. The first-order chi connectivity index (χ1) is 11.2. The number of rotatable bonds is 5. The van der Waals surface area contributed by atoms with Gasteiger partial charge in [-0.3, -0.25) is 4.98 Å². The first-order valence-electron chi connectivity index (χ1n) is 8.31. The fraction of sp³-hybridized carbons (Fsp3) is 0.688. The van der Waals surface area contributed by atoms with Crippen molar-refractivity contribution in [1.29, 1.82) is 0 Å². The summed E-state index contributed by atoms with van der Waals surface area (Å²) in [5.74, 6) is 0.654. The minimum Gasteiger partial charge on any atom is -0.374 e. The molecule has 1 aliphatic carbocycles. The Bertz CT molecular complexity index is 647. The zero-order valence-corrected chi connectivity index (χ0v) is 13.8. The molecule has 3 heterocycles. The van der Waals surface area contributed by atoms with Crippen LogP contribution in [0.5, 0.6) is 0 Å². The Morgan fingerprint density at radius 1 is 1.35 bits per heavy atom. The Labute approximate surface area is 136 Å². The van der Waals surface area contributed by atoms with E-state index in [1.807, 2.05) is 0 Å². The molecular weight excluding hydrogens is 316 g/mol. The Morgan fingerprint density at radius 3 is 2.96 bits per heavy atom. The highest BCUT2D eigenvalue weighted by molar-refractivity contribution is 7.89. The van der Waals surface area contributed by atoms with E-state index in [0.29, 0.717) is 19.1 Å². The van der Waals surface area contributed by atoms with Crippen LogP contribution in [0.4, 0.5) is 0 Å². The van der Waals surface area contributed by atoms with E-state index in [9.17, 15) is 8.42 Å². The maximum atomic E-state index is 13.0. The highest BCUT2D eigenvalue weighted by Crippen LogP contribution is 2.36. The standard InChI is InChI=1S/C16H22N2O4S/c19-23(20,13-3-1-7-17-9-13)18-10-15(22-11-12-5-6-12)16-14(18)4-2-8-21-16/h1,3,7,9,12,14-16H,2,4-6,8,10-11H2/t14-,15-,16+/m1/s1. The van der Waals surface area contributed by atoms with Gasteiger partial charge in [-0.2, -0.15) is 4.31 Å². The summed E-state index contributed by atoms with van der Waals surface area (Å²) in [7, 11) is -3.55. The number of pyridine rings is 1. The van der Waals surface area contributed by atoms with Crippen LogP contribution in [-0.4, -0.2) is 55.7 Å². The second-order valence-electron chi connectivity index (χ2n) is 6.62. The molecule has 1 saturated carbocycles. The molecule has 3 fully saturated rings. The van der Waals surface area contributed by atoms with Crippen LogP contribution in [-0.2, 0) is 19.5 Å². The molecule has 1 aromatic heterocycles. The van der Waals surface area contributed by atoms with Gasteiger partial charge in [-0.1, -0.05) is 0 Å². The number of hydrogen-bond donors (Lipinski definition) is 0. The molecule has 0 bridgehead atoms. The number of nitrogens with zero attached hydrogens (tertiary/aromatic N) is 2. The van der Waals surface area contributed by atoms with E-state index in [0.717, 1.165) is 19.4 Å². The fourth-order valence-corrected chi connectivity index (χ4v) is 5.11. The summed E-state index contributed by atoms with van der Waals surface area (Å²) in [5, 5.41) is 0. The van der Waals surface area contributed by atoms with Crippen LogP contribution in [0.25, 0.3) is 0 Å². The Kier molecular flexibility index (Phi) is 4.13. The van der Waals surface area contributed by atoms with Crippen LogP contribution in [0.2, 0.25) is 0 Å². The Balaban J connectivity index is 1.57. The summed E-state index contributed by atoms with van der Waals surface area (Å²) in [6.45, 7) is 1.78. The molecule has 0 radical (unpaired) electrons. The van der Waals surface area contributed by atoms with Gasteiger partial charge in [0.05, 0.1) is 12.1 Å². The highest BCUT2D eigenvalue weighted by atomic mass is 32.2. The van der Waals surface area contributed by atoms with Gasteiger partial charge in [0.15, 0.2) is 0 Å². The molecule has 3 atom stereocenters. The molecule has 0 amide bonds. The van der Waals surface area contributed by atoms with Crippen molar-refractivity contribution >= 4 is 10.0 Å². The van der Waals surface area contributed by atoms with E-state index in [1.54, 1.807) is 22.6 Å². The van der Waals surface area contributed by atoms with E-state index in [2.05, 4.69) is 4.98 Å². The minimum atomic E-state index is -3.55. The summed E-state index contributed by atoms with van der Waals surface area (Å²) >= 11 is 0. The first-order valence-corrected chi connectivity index (χ1v) is 9.75. The quantitative estimate of drug-likeness (QED) is 0.812. The third kappa shape index (κ3) is 3.03. The maximum Gasteiger partial charge on any atom is 0.245 e. The average Bonchev–Trinajstić information content (AvgIpc) is 3.33. The van der Waals surface area contributed by atoms with Gasteiger partial charge in [-0.05, 0) is 43.7 Å². The molecule has 0 N–H and O–H groups in total. The number of sulfonamides is 1. The molecule has 0 spiro atoms. The summed E-state index contributed by atoms with van der Waals surface area (Å²) in [4.78, 5) is 4.19. The second kappa shape index (κ2) is 6.12. The zero-order chi connectivity index (χ0) is 15.9. The van der Waals surface area contributed by atoms with Crippen molar-refractivity contribution in [3.05, 3.63) is 24.5 Å². The molecule has 23 heavy (non-hydrogen) atoms. The van der Waals surface area contributed by atoms with E-state index in [-0.39, 0.29) is 23.1 Å². The lowest BCUT2D eigenvalue weighted by atomic mass is 10.0. The highest BCUT2D eigenvalue weighted by Gasteiger charge is 2.50. The summed E-state index contributed by atoms with van der Waals surface area (Å²) < 4.78 is 39.4.